The number of piperidine rings is 1. The van der Waals surface area contributed by atoms with E-state index in [-0.39, 0.29) is 49.5 Å². The Kier molecular flexibility index (Phi) is 24.7. The van der Waals surface area contributed by atoms with Crippen LogP contribution in [0.3, 0.4) is 0 Å². The molecule has 0 aromatic heterocycles. The summed E-state index contributed by atoms with van der Waals surface area (Å²) in [7, 11) is 4.61. The minimum atomic E-state index is -2.51. The van der Waals surface area contributed by atoms with Crippen LogP contribution >= 0.6 is 0 Å². The highest BCUT2D eigenvalue weighted by atomic mass is 16.7. The molecule has 2 saturated heterocycles. The number of hydrogen-bond acceptors (Lipinski definition) is 18. The summed E-state index contributed by atoms with van der Waals surface area (Å²) >= 11 is 0. The van der Waals surface area contributed by atoms with Crippen LogP contribution in [-0.4, -0.2) is 194 Å². The first-order chi connectivity index (χ1) is 32.5. The van der Waals surface area contributed by atoms with Crippen molar-refractivity contribution >= 4 is 23.4 Å². The normalized spacial score (nSPS) is 37.6. The monoisotopic (exact) mass is 986 g/mol. The SMILES string of the molecule is C=CC[C@@H]1/C=C(\C)C[C@H](C)C[C@H](OC)[C@H]2O[C@@](O)(C(=O)C(=O)N3CCCC[C@H]3C(=O)O[C@H](/C(C)=C/[C@@H]3CC[C@@H](O)[C@H](OC)C3)[C@H](C)[C@@H](O)CC1=O)[C@H](C)C[C@@H]2OC.OC[C@@H](O)[C@@H](O)[C@H](O)[C@H](O)CO. The highest BCUT2D eigenvalue weighted by molar-refractivity contribution is 6.39. The van der Waals surface area contributed by atoms with Crippen molar-refractivity contribution in [1.82, 2.24) is 4.90 Å². The fourth-order valence-electron chi connectivity index (χ4n) is 10.1. The van der Waals surface area contributed by atoms with E-state index in [2.05, 4.69) is 6.58 Å². The Balaban J connectivity index is 0.000000922. The van der Waals surface area contributed by atoms with E-state index < -0.39 is 121 Å². The summed E-state index contributed by atoms with van der Waals surface area (Å²) in [4.78, 5) is 57.8. The molecule has 19 heteroatoms. The molecular weight excluding hydrogens is 903 g/mol. The summed E-state index contributed by atoms with van der Waals surface area (Å²) in [6.07, 6.45) is -1.46. The number of carbonyl (C=O) groups is 4. The molecule has 4 aliphatic rings. The highest BCUT2D eigenvalue weighted by Crippen LogP contribution is 2.39. The summed E-state index contributed by atoms with van der Waals surface area (Å²) in [5.41, 5.74) is 1.61. The number of ketones is 2. The number of cyclic esters (lactones) is 1. The van der Waals surface area contributed by atoms with Crippen LogP contribution in [-0.2, 0) is 42.9 Å². The van der Waals surface area contributed by atoms with E-state index in [4.69, 9.17) is 54.3 Å². The zero-order valence-electron chi connectivity index (χ0n) is 41.8. The van der Waals surface area contributed by atoms with Crippen LogP contribution in [0.5, 0.6) is 0 Å². The van der Waals surface area contributed by atoms with Crippen molar-refractivity contribution < 1.29 is 88.8 Å². The predicted molar refractivity (Wildman–Crippen MR) is 251 cm³/mol. The zero-order chi connectivity index (χ0) is 51.9. The number of allylic oxidation sites excluding steroid dienone is 4. The van der Waals surface area contributed by atoms with E-state index in [1.807, 2.05) is 32.9 Å². The summed E-state index contributed by atoms with van der Waals surface area (Å²) in [5, 5.41) is 86.3. The third kappa shape index (κ3) is 16.0. The Bertz CT molecular complexity index is 1710. The molecule has 0 radical (unpaired) electrons. The second-order valence-corrected chi connectivity index (χ2v) is 19.8. The Labute approximate surface area is 407 Å². The van der Waals surface area contributed by atoms with Crippen molar-refractivity contribution in [2.45, 2.75) is 184 Å². The fraction of sp³-hybridized carbons (Fsp3) is 0.800. The molecule has 396 valence electrons. The number of esters is 1. The van der Waals surface area contributed by atoms with Crippen LogP contribution in [0.1, 0.15) is 105 Å². The summed E-state index contributed by atoms with van der Waals surface area (Å²) < 4.78 is 29.7. The van der Waals surface area contributed by atoms with Gasteiger partial charge in [-0.05, 0) is 95.5 Å². The van der Waals surface area contributed by atoms with Crippen molar-refractivity contribution in [2.24, 2.45) is 29.6 Å². The lowest BCUT2D eigenvalue weighted by Crippen LogP contribution is -2.64. The number of methoxy groups -OCH3 is 3. The average Bonchev–Trinajstić information content (AvgIpc) is 3.33. The van der Waals surface area contributed by atoms with Crippen LogP contribution in [0.4, 0.5) is 0 Å². The largest absolute Gasteiger partial charge is 0.456 e. The number of Topliss-reactive ketones (excluding diaryl/α,β-unsaturated/α-hetero) is 2. The van der Waals surface area contributed by atoms with Crippen molar-refractivity contribution in [3.8, 4) is 0 Å². The molecule has 3 aliphatic heterocycles. The lowest BCUT2D eigenvalue weighted by molar-refractivity contribution is -0.302. The van der Waals surface area contributed by atoms with Gasteiger partial charge in [0.15, 0.2) is 0 Å². The molecule has 0 aromatic carbocycles. The minimum Gasteiger partial charge on any atom is -0.456 e. The number of hydrogen-bond donors (Lipinski definition) is 9. The lowest BCUT2D eigenvalue weighted by Gasteiger charge is -2.47. The molecule has 1 saturated carbocycles. The summed E-state index contributed by atoms with van der Waals surface area (Å²) in [5.74, 6) is -7.76. The third-order valence-electron chi connectivity index (χ3n) is 14.4. The fourth-order valence-corrected chi connectivity index (χ4v) is 10.1. The first kappa shape index (κ1) is 60.3. The molecule has 9 N–H and O–H groups in total. The Morgan fingerprint density at radius 3 is 2.01 bits per heavy atom. The smallest absolute Gasteiger partial charge is 0.329 e. The van der Waals surface area contributed by atoms with E-state index in [1.165, 1.54) is 19.1 Å². The Morgan fingerprint density at radius 2 is 1.45 bits per heavy atom. The molecule has 0 aromatic rings. The van der Waals surface area contributed by atoms with Gasteiger partial charge in [-0.1, -0.05) is 44.6 Å². The second-order valence-electron chi connectivity index (χ2n) is 19.8. The number of fused-ring (bicyclic) bond motifs is 3. The van der Waals surface area contributed by atoms with Gasteiger partial charge in [-0.2, -0.15) is 0 Å². The first-order valence-corrected chi connectivity index (χ1v) is 24.4. The topological polar surface area (TPSA) is 300 Å². The number of nitrogens with zero attached hydrogens (tertiary/aromatic N) is 1. The van der Waals surface area contributed by atoms with Crippen molar-refractivity contribution in [1.29, 1.82) is 0 Å². The molecule has 3 fully saturated rings. The molecule has 0 spiro atoms. The van der Waals surface area contributed by atoms with Crippen molar-refractivity contribution in [3.63, 3.8) is 0 Å². The third-order valence-corrected chi connectivity index (χ3v) is 14.4. The first-order valence-electron chi connectivity index (χ1n) is 24.4. The molecule has 69 heavy (non-hydrogen) atoms. The van der Waals surface area contributed by atoms with Crippen LogP contribution < -0.4 is 0 Å². The van der Waals surface area contributed by atoms with Gasteiger partial charge in [-0.25, -0.2) is 4.79 Å². The van der Waals surface area contributed by atoms with Gasteiger partial charge in [0.25, 0.3) is 11.7 Å². The number of aliphatic hydroxyl groups is 9. The van der Waals surface area contributed by atoms with Gasteiger partial charge in [-0.3, -0.25) is 14.4 Å². The number of carbonyl (C=O) groups excluding carboxylic acids is 4. The quantitative estimate of drug-likeness (QED) is 0.0750. The van der Waals surface area contributed by atoms with E-state index >= 15 is 0 Å². The van der Waals surface area contributed by atoms with E-state index in [0.29, 0.717) is 56.9 Å². The van der Waals surface area contributed by atoms with Gasteiger partial charge in [0.2, 0.25) is 5.79 Å². The molecule has 1 amide bonds. The summed E-state index contributed by atoms with van der Waals surface area (Å²) in [6.45, 7) is 11.7. The number of amides is 1. The van der Waals surface area contributed by atoms with Crippen molar-refractivity contribution in [3.05, 3.63) is 36.0 Å². The molecule has 2 bridgehead atoms. The van der Waals surface area contributed by atoms with Gasteiger partial charge in [0, 0.05) is 52.0 Å². The predicted octanol–water partition coefficient (Wildman–Crippen LogP) is 1.05. The maximum Gasteiger partial charge on any atom is 0.329 e. The Hall–Kier alpha value is -3.02. The highest BCUT2D eigenvalue weighted by Gasteiger charge is 2.56. The number of ether oxygens (including phenoxy) is 5. The number of rotatable bonds is 12. The van der Waals surface area contributed by atoms with Crippen molar-refractivity contribution in [2.75, 3.05) is 41.1 Å². The van der Waals surface area contributed by atoms with Crippen LogP contribution in [0.2, 0.25) is 0 Å². The molecule has 4 rings (SSSR count). The van der Waals surface area contributed by atoms with Crippen LogP contribution in [0.25, 0.3) is 0 Å². The molecule has 3 heterocycles. The van der Waals surface area contributed by atoms with Gasteiger partial charge in [0.05, 0.1) is 43.7 Å². The standard InChI is InChI=1S/C44H69NO12.C6H14O6/c1-10-13-31-19-25(2)18-26(3)20-37(54-8)40-38(55-9)22-28(5)44(52,57-40)41(49)42(50)45-17-12-11-14-32(45)43(51)56-39(29(6)34(47)24-35(31)48)27(4)21-30-15-16-33(46)36(23-30)53-7;7-1-3(9)5(11)6(12)4(10)2-8/h10,19,21,26,28-34,36-40,46-47,52H,1,11-18,20,22-24H2,2-9H3;3-12H,1-2H2/b25-19+,27-21+;/t26-,28+,29+,30-,31+,32-,33+,34-,36+,37-,38-,39+,40+,44+;3-,4-,5-,6-/m01/s1. The molecule has 18 atom stereocenters. The minimum absolute atomic E-state index is 0.00988. The maximum absolute atomic E-state index is 14.3. The van der Waals surface area contributed by atoms with Gasteiger partial charge >= 0.3 is 5.97 Å². The summed E-state index contributed by atoms with van der Waals surface area (Å²) in [6, 6.07) is -1.14. The van der Waals surface area contributed by atoms with Gasteiger partial charge in [-0.15, -0.1) is 6.58 Å². The van der Waals surface area contributed by atoms with Crippen LogP contribution in [0, 0.1) is 29.6 Å². The maximum atomic E-state index is 14.3. The number of aliphatic hydroxyl groups excluding tert-OH is 8. The molecule has 0 unspecified atom stereocenters. The van der Waals surface area contributed by atoms with E-state index in [9.17, 15) is 34.5 Å². The lowest BCUT2D eigenvalue weighted by atomic mass is 9.81. The van der Waals surface area contributed by atoms with Gasteiger partial charge in [0.1, 0.15) is 48.4 Å². The van der Waals surface area contributed by atoms with E-state index in [1.54, 1.807) is 27.0 Å². The Morgan fingerprint density at radius 1 is 0.855 bits per heavy atom. The second kappa shape index (κ2) is 28.3. The molecule has 19 nitrogen and oxygen atoms in total. The van der Waals surface area contributed by atoms with Gasteiger partial charge < -0.3 is 74.5 Å². The molecular formula is C50H83NO18. The van der Waals surface area contributed by atoms with E-state index in [0.717, 1.165) is 5.57 Å². The molecule has 1 aliphatic carbocycles. The van der Waals surface area contributed by atoms with Crippen LogP contribution in [0.15, 0.2) is 36.0 Å². The average molecular weight is 986 g/mol. The zero-order valence-corrected chi connectivity index (χ0v) is 41.8.